The van der Waals surface area contributed by atoms with Crippen LogP contribution in [0.3, 0.4) is 0 Å². The van der Waals surface area contributed by atoms with E-state index in [2.05, 4.69) is 20.0 Å². The minimum atomic E-state index is -4.22. The van der Waals surface area contributed by atoms with Crippen molar-refractivity contribution >= 4 is 21.5 Å². The molecule has 198 valence electrons. The van der Waals surface area contributed by atoms with Crippen molar-refractivity contribution in [2.24, 2.45) is 0 Å². The lowest BCUT2D eigenvalue weighted by Gasteiger charge is -2.22. The maximum atomic E-state index is 13.6. The summed E-state index contributed by atoms with van der Waals surface area (Å²) in [6, 6.07) is 15.5. The second kappa shape index (κ2) is 9.84. The third-order valence-electron chi connectivity index (χ3n) is 6.17. The lowest BCUT2D eigenvalue weighted by Crippen LogP contribution is -2.32. The van der Waals surface area contributed by atoms with Gasteiger partial charge in [0, 0.05) is 6.20 Å². The van der Waals surface area contributed by atoms with Gasteiger partial charge >= 0.3 is 0 Å². The number of ether oxygens (including phenoxy) is 2. The molecule has 0 spiro atoms. The maximum Gasteiger partial charge on any atom is 0.243 e. The van der Waals surface area contributed by atoms with Crippen molar-refractivity contribution in [1.29, 1.82) is 0 Å². The lowest BCUT2D eigenvalue weighted by atomic mass is 10.2. The van der Waals surface area contributed by atoms with Crippen molar-refractivity contribution in [1.82, 2.24) is 24.4 Å². The van der Waals surface area contributed by atoms with Crippen LogP contribution in [-0.4, -0.2) is 57.4 Å². The van der Waals surface area contributed by atoms with Gasteiger partial charge in [0.1, 0.15) is 34.3 Å². The number of hydrogen-bond donors (Lipinski definition) is 2. The molecule has 4 aromatic heterocycles. The number of pyridine rings is 1. The van der Waals surface area contributed by atoms with Gasteiger partial charge in [-0.2, -0.15) is 5.10 Å². The number of fused-ring (bicyclic) bond motifs is 1. The van der Waals surface area contributed by atoms with Gasteiger partial charge in [0.25, 0.3) is 0 Å². The summed E-state index contributed by atoms with van der Waals surface area (Å²) < 4.78 is 49.4. The average molecular weight is 539 g/mol. The molecule has 4 heterocycles. The Labute approximate surface area is 218 Å². The molecule has 0 aliphatic carbocycles. The van der Waals surface area contributed by atoms with E-state index in [9.17, 15) is 13.5 Å². The zero-order valence-corrected chi connectivity index (χ0v) is 21.9. The van der Waals surface area contributed by atoms with Crippen molar-refractivity contribution in [3.05, 3.63) is 72.2 Å². The van der Waals surface area contributed by atoms with Gasteiger partial charge < -0.3 is 19.0 Å². The van der Waals surface area contributed by atoms with Gasteiger partial charge in [-0.05, 0) is 56.3 Å². The van der Waals surface area contributed by atoms with Crippen LogP contribution in [0, 0.1) is 6.92 Å². The summed E-state index contributed by atoms with van der Waals surface area (Å²) in [6.07, 6.45) is 0.171. The quantitative estimate of drug-likeness (QED) is 0.288. The number of rotatable bonds is 9. The Morgan fingerprint density at radius 3 is 2.37 bits per heavy atom. The first kappa shape index (κ1) is 25.3. The molecule has 0 aliphatic rings. The molecule has 5 aromatic rings. The normalized spacial score (nSPS) is 13.4. The smallest absolute Gasteiger partial charge is 0.243 e. The summed E-state index contributed by atoms with van der Waals surface area (Å²) in [7, 11) is -1.26. The number of sulfonamides is 1. The van der Waals surface area contributed by atoms with E-state index < -0.39 is 21.4 Å². The van der Waals surface area contributed by atoms with Crippen molar-refractivity contribution < 1.29 is 27.4 Å². The molecule has 1 aromatic carbocycles. The van der Waals surface area contributed by atoms with Gasteiger partial charge in [-0.15, -0.1) is 10.2 Å². The molecule has 0 saturated heterocycles. The van der Waals surface area contributed by atoms with Crippen LogP contribution in [0.5, 0.6) is 11.5 Å². The van der Waals surface area contributed by atoms with E-state index in [1.165, 1.54) is 30.2 Å². The summed E-state index contributed by atoms with van der Waals surface area (Å²) in [5.41, 5.74) is 1.41. The van der Waals surface area contributed by atoms with Crippen LogP contribution in [0.15, 0.2) is 65.2 Å². The van der Waals surface area contributed by atoms with Crippen LogP contribution in [0.2, 0.25) is 0 Å². The van der Waals surface area contributed by atoms with Crippen LogP contribution < -0.4 is 14.2 Å². The second-order valence-electron chi connectivity index (χ2n) is 8.52. The standard InChI is InChI=1S/C25H26N6O6S/c1-15-11-12-21(37-15)24-27-28-25(30(24)22-19(35-3)9-6-10-20(22)36-4)29-38(33,34)16(2)23(32)18-8-5-7-17-13-14-26-31(17)18/h5-14,16,23,32H,1-4H3,(H,28,29)/t16-,23+/m1/s1. The van der Waals surface area contributed by atoms with Gasteiger partial charge in [0.15, 0.2) is 5.76 Å². The Balaban J connectivity index is 1.60. The van der Waals surface area contributed by atoms with E-state index in [4.69, 9.17) is 13.9 Å². The minimum absolute atomic E-state index is 0.145. The summed E-state index contributed by atoms with van der Waals surface area (Å²) in [5, 5.41) is 22.3. The molecule has 0 saturated carbocycles. The molecule has 0 radical (unpaired) electrons. The highest BCUT2D eigenvalue weighted by Gasteiger charge is 2.34. The van der Waals surface area contributed by atoms with Crippen molar-refractivity contribution in [2.45, 2.75) is 25.2 Å². The fourth-order valence-corrected chi connectivity index (χ4v) is 5.21. The average Bonchev–Trinajstić information content (AvgIpc) is 3.66. The molecule has 2 atom stereocenters. The number of methoxy groups -OCH3 is 2. The van der Waals surface area contributed by atoms with E-state index in [0.29, 0.717) is 34.4 Å². The number of aliphatic hydroxyl groups is 1. The molecule has 2 N–H and O–H groups in total. The number of anilines is 1. The number of para-hydroxylation sites is 1. The molecule has 13 heteroatoms. The largest absolute Gasteiger partial charge is 0.494 e. The number of hydrogen-bond acceptors (Lipinski definition) is 9. The van der Waals surface area contributed by atoms with Crippen molar-refractivity contribution in [3.8, 4) is 28.8 Å². The van der Waals surface area contributed by atoms with Crippen LogP contribution in [0.4, 0.5) is 5.95 Å². The number of furan rings is 1. The van der Waals surface area contributed by atoms with Gasteiger partial charge in [0.05, 0.1) is 25.4 Å². The van der Waals surface area contributed by atoms with Gasteiger partial charge in [-0.25, -0.2) is 12.9 Å². The van der Waals surface area contributed by atoms with Crippen molar-refractivity contribution in [3.63, 3.8) is 0 Å². The first-order valence-electron chi connectivity index (χ1n) is 11.6. The summed E-state index contributed by atoms with van der Waals surface area (Å²) in [6.45, 7) is 3.18. The lowest BCUT2D eigenvalue weighted by molar-refractivity contribution is 0.168. The minimum Gasteiger partial charge on any atom is -0.494 e. The summed E-state index contributed by atoms with van der Waals surface area (Å²) in [4.78, 5) is 0. The predicted molar refractivity (Wildman–Crippen MR) is 139 cm³/mol. The topological polar surface area (TPSA) is 146 Å². The Morgan fingerprint density at radius 2 is 1.71 bits per heavy atom. The van der Waals surface area contributed by atoms with Gasteiger partial charge in [0.2, 0.25) is 21.8 Å². The van der Waals surface area contributed by atoms with Crippen LogP contribution in [0.1, 0.15) is 24.5 Å². The van der Waals surface area contributed by atoms with Crippen LogP contribution in [0.25, 0.3) is 22.8 Å². The van der Waals surface area contributed by atoms with E-state index in [1.54, 1.807) is 61.7 Å². The van der Waals surface area contributed by atoms with E-state index >= 15 is 0 Å². The number of benzene rings is 1. The number of nitrogens with zero attached hydrogens (tertiary/aromatic N) is 5. The maximum absolute atomic E-state index is 13.6. The van der Waals surface area contributed by atoms with Gasteiger partial charge in [-0.1, -0.05) is 12.1 Å². The Morgan fingerprint density at radius 1 is 1.00 bits per heavy atom. The molecule has 5 rings (SSSR count). The zero-order valence-electron chi connectivity index (χ0n) is 21.1. The van der Waals surface area contributed by atoms with Crippen LogP contribution >= 0.6 is 0 Å². The molecular formula is C25H26N6O6S. The molecule has 0 fully saturated rings. The van der Waals surface area contributed by atoms with Gasteiger partial charge in [-0.3, -0.25) is 9.29 Å². The summed E-state index contributed by atoms with van der Waals surface area (Å²) in [5.74, 6) is 1.82. The highest BCUT2D eigenvalue weighted by Crippen LogP contribution is 2.38. The van der Waals surface area contributed by atoms with E-state index in [1.807, 2.05) is 6.07 Å². The second-order valence-corrected chi connectivity index (χ2v) is 10.6. The molecular weight excluding hydrogens is 512 g/mol. The summed E-state index contributed by atoms with van der Waals surface area (Å²) >= 11 is 0. The third-order valence-corrected chi connectivity index (χ3v) is 7.87. The Bertz CT molecular complexity index is 1680. The SMILES string of the molecule is COc1cccc(OC)c1-n1c(NS(=O)(=O)[C@H](C)[C@H](O)c2cccc3ccnn23)nnc1-c1ccc(C)o1. The van der Waals surface area contributed by atoms with E-state index in [-0.39, 0.29) is 11.8 Å². The molecule has 0 aliphatic heterocycles. The first-order valence-corrected chi connectivity index (χ1v) is 13.2. The monoisotopic (exact) mass is 538 g/mol. The number of aryl methyl sites for hydroxylation is 1. The number of nitrogens with one attached hydrogen (secondary N) is 1. The Kier molecular flexibility index (Phi) is 6.55. The molecule has 0 amide bonds. The Hall–Kier alpha value is -4.36. The fourth-order valence-electron chi connectivity index (χ4n) is 4.15. The number of aromatic nitrogens is 5. The highest BCUT2D eigenvalue weighted by molar-refractivity contribution is 7.93. The molecule has 12 nitrogen and oxygen atoms in total. The fraction of sp³-hybridized carbons (Fsp3) is 0.240. The first-order chi connectivity index (χ1) is 18.2. The zero-order chi connectivity index (χ0) is 27.0. The molecule has 0 bridgehead atoms. The third kappa shape index (κ3) is 4.35. The molecule has 38 heavy (non-hydrogen) atoms. The van der Waals surface area contributed by atoms with Crippen molar-refractivity contribution in [2.75, 3.05) is 18.9 Å². The number of aliphatic hydroxyl groups excluding tert-OH is 1. The van der Waals surface area contributed by atoms with Crippen LogP contribution in [-0.2, 0) is 10.0 Å². The predicted octanol–water partition coefficient (Wildman–Crippen LogP) is 3.36. The molecule has 0 unspecified atom stereocenters. The van der Waals surface area contributed by atoms with E-state index in [0.717, 1.165) is 5.52 Å². The highest BCUT2D eigenvalue weighted by atomic mass is 32.2.